The van der Waals surface area contributed by atoms with Gasteiger partial charge in [-0.05, 0) is 39.5 Å². The number of hydrogen-bond donors (Lipinski definition) is 1. The second kappa shape index (κ2) is 4.68. The van der Waals surface area contributed by atoms with E-state index in [0.717, 1.165) is 15.1 Å². The molecule has 0 saturated heterocycles. The number of halogens is 1. The van der Waals surface area contributed by atoms with Crippen molar-refractivity contribution in [3.8, 4) is 5.75 Å². The van der Waals surface area contributed by atoms with E-state index in [1.807, 2.05) is 30.3 Å². The van der Waals surface area contributed by atoms with Gasteiger partial charge in [0.05, 0.1) is 9.47 Å². The molecule has 0 aliphatic carbocycles. The highest BCUT2D eigenvalue weighted by molar-refractivity contribution is 9.11. The van der Waals surface area contributed by atoms with Crippen LogP contribution in [-0.4, -0.2) is 0 Å². The highest BCUT2D eigenvalue weighted by Gasteiger charge is 2.01. The lowest BCUT2D eigenvalue weighted by atomic mass is 10.3. The Morgan fingerprint density at radius 1 is 1.33 bits per heavy atom. The highest BCUT2D eigenvalue weighted by atomic mass is 79.9. The number of hydrogen-bond acceptors (Lipinski definition) is 3. The molecule has 0 fully saturated rings. The minimum absolute atomic E-state index is 0.552. The fourth-order valence-electron chi connectivity index (χ4n) is 1.19. The molecule has 0 amide bonds. The average molecular weight is 284 g/mol. The highest BCUT2D eigenvalue weighted by Crippen LogP contribution is 2.24. The number of nitrogen functional groups attached to an aromatic ring is 1. The first-order chi connectivity index (χ1) is 7.25. The quantitative estimate of drug-likeness (QED) is 0.873. The van der Waals surface area contributed by atoms with Crippen molar-refractivity contribution in [2.75, 3.05) is 5.73 Å². The summed E-state index contributed by atoms with van der Waals surface area (Å²) < 4.78 is 6.71. The second-order valence-electron chi connectivity index (χ2n) is 3.09. The van der Waals surface area contributed by atoms with Crippen molar-refractivity contribution in [1.82, 2.24) is 0 Å². The molecule has 0 saturated carbocycles. The molecule has 1 aromatic carbocycles. The normalized spacial score (nSPS) is 10.2. The molecule has 0 atom stereocenters. The molecule has 1 aromatic heterocycles. The van der Waals surface area contributed by atoms with Gasteiger partial charge >= 0.3 is 0 Å². The summed E-state index contributed by atoms with van der Waals surface area (Å²) in [6.07, 6.45) is 0. The lowest BCUT2D eigenvalue weighted by Gasteiger charge is -2.06. The molecule has 0 aliphatic heterocycles. The van der Waals surface area contributed by atoms with E-state index in [4.69, 9.17) is 10.5 Å². The van der Waals surface area contributed by atoms with E-state index in [1.165, 1.54) is 0 Å². The Balaban J connectivity index is 2.02. The van der Waals surface area contributed by atoms with Gasteiger partial charge in [-0.2, -0.15) is 0 Å². The first kappa shape index (κ1) is 10.5. The van der Waals surface area contributed by atoms with E-state index in [2.05, 4.69) is 21.3 Å². The number of benzene rings is 1. The van der Waals surface area contributed by atoms with Gasteiger partial charge in [-0.3, -0.25) is 0 Å². The number of rotatable bonds is 3. The summed E-state index contributed by atoms with van der Waals surface area (Å²) in [4.78, 5) is 0. The van der Waals surface area contributed by atoms with Crippen LogP contribution < -0.4 is 10.5 Å². The maximum atomic E-state index is 5.76. The maximum Gasteiger partial charge on any atom is 0.142 e. The SMILES string of the molecule is Nc1ccccc1OCc1csc(Br)c1. The van der Waals surface area contributed by atoms with Crippen molar-refractivity contribution in [3.05, 3.63) is 45.1 Å². The van der Waals surface area contributed by atoms with Gasteiger partial charge in [0.1, 0.15) is 12.4 Å². The smallest absolute Gasteiger partial charge is 0.142 e. The lowest BCUT2D eigenvalue weighted by molar-refractivity contribution is 0.308. The first-order valence-electron chi connectivity index (χ1n) is 4.46. The molecule has 1 heterocycles. The fourth-order valence-corrected chi connectivity index (χ4v) is 2.39. The Morgan fingerprint density at radius 2 is 2.13 bits per heavy atom. The molecule has 15 heavy (non-hydrogen) atoms. The average Bonchev–Trinajstić information content (AvgIpc) is 2.63. The molecule has 0 aliphatic rings. The fraction of sp³-hybridized carbons (Fsp3) is 0.0909. The molecule has 0 spiro atoms. The maximum absolute atomic E-state index is 5.76. The minimum Gasteiger partial charge on any atom is -0.487 e. The third-order valence-corrected chi connectivity index (χ3v) is 3.49. The minimum atomic E-state index is 0.552. The summed E-state index contributed by atoms with van der Waals surface area (Å²) in [6, 6.07) is 9.55. The summed E-state index contributed by atoms with van der Waals surface area (Å²) in [5.41, 5.74) is 7.58. The van der Waals surface area contributed by atoms with Crippen LogP contribution in [0.5, 0.6) is 5.75 Å². The summed E-state index contributed by atoms with van der Waals surface area (Å²) in [6.45, 7) is 0.552. The van der Waals surface area contributed by atoms with Gasteiger partial charge in [-0.15, -0.1) is 11.3 Å². The van der Waals surface area contributed by atoms with Gasteiger partial charge in [0.15, 0.2) is 0 Å². The van der Waals surface area contributed by atoms with Crippen LogP contribution in [0.3, 0.4) is 0 Å². The largest absolute Gasteiger partial charge is 0.487 e. The van der Waals surface area contributed by atoms with Crippen molar-refractivity contribution in [2.24, 2.45) is 0 Å². The summed E-state index contributed by atoms with van der Waals surface area (Å²) in [5.74, 6) is 0.736. The van der Waals surface area contributed by atoms with Crippen LogP contribution in [0, 0.1) is 0 Å². The first-order valence-corrected chi connectivity index (χ1v) is 6.13. The zero-order valence-corrected chi connectivity index (χ0v) is 10.3. The van der Waals surface area contributed by atoms with Crippen molar-refractivity contribution in [3.63, 3.8) is 0 Å². The predicted octanol–water partition coefficient (Wildman–Crippen LogP) is 3.67. The van der Waals surface area contributed by atoms with Crippen LogP contribution in [-0.2, 0) is 6.61 Å². The molecular weight excluding hydrogens is 274 g/mol. The second-order valence-corrected chi connectivity index (χ2v) is 5.38. The topological polar surface area (TPSA) is 35.2 Å². The van der Waals surface area contributed by atoms with Crippen LogP contribution in [0.15, 0.2) is 39.5 Å². The molecule has 2 rings (SSSR count). The number of thiophene rings is 1. The van der Waals surface area contributed by atoms with Crippen molar-refractivity contribution in [2.45, 2.75) is 6.61 Å². The monoisotopic (exact) mass is 283 g/mol. The van der Waals surface area contributed by atoms with E-state index < -0.39 is 0 Å². The molecule has 2 nitrogen and oxygen atoms in total. The Morgan fingerprint density at radius 3 is 2.80 bits per heavy atom. The van der Waals surface area contributed by atoms with E-state index in [0.29, 0.717) is 12.3 Å². The Labute approximate surface area is 101 Å². The molecule has 2 N–H and O–H groups in total. The molecule has 0 unspecified atom stereocenters. The van der Waals surface area contributed by atoms with Crippen molar-refractivity contribution < 1.29 is 4.74 Å². The summed E-state index contributed by atoms with van der Waals surface area (Å²) in [7, 11) is 0. The Bertz CT molecular complexity index is 455. The van der Waals surface area contributed by atoms with E-state index in [-0.39, 0.29) is 0 Å². The molecule has 0 radical (unpaired) electrons. The Kier molecular flexibility index (Phi) is 3.28. The molecule has 4 heteroatoms. The van der Waals surface area contributed by atoms with Gasteiger partial charge in [-0.25, -0.2) is 0 Å². The van der Waals surface area contributed by atoms with Gasteiger partial charge in [0.2, 0.25) is 0 Å². The van der Waals surface area contributed by atoms with Crippen LogP contribution in [0.25, 0.3) is 0 Å². The van der Waals surface area contributed by atoms with E-state index in [1.54, 1.807) is 11.3 Å². The standard InChI is InChI=1S/C11H10BrNOS/c12-11-5-8(7-15-11)6-14-10-4-2-1-3-9(10)13/h1-5,7H,6,13H2. The van der Waals surface area contributed by atoms with Gasteiger partial charge < -0.3 is 10.5 Å². The zero-order chi connectivity index (χ0) is 10.7. The van der Waals surface area contributed by atoms with Crippen molar-refractivity contribution in [1.29, 1.82) is 0 Å². The van der Waals surface area contributed by atoms with Crippen LogP contribution >= 0.6 is 27.3 Å². The lowest BCUT2D eigenvalue weighted by Crippen LogP contribution is -1.97. The van der Waals surface area contributed by atoms with Gasteiger partial charge in [-0.1, -0.05) is 12.1 Å². The predicted molar refractivity (Wildman–Crippen MR) is 67.2 cm³/mol. The molecule has 2 aromatic rings. The molecular formula is C11H10BrNOS. The van der Waals surface area contributed by atoms with Crippen LogP contribution in [0.4, 0.5) is 5.69 Å². The number of nitrogens with two attached hydrogens (primary N) is 1. The number of ether oxygens (including phenoxy) is 1. The number of para-hydroxylation sites is 2. The molecule has 78 valence electrons. The van der Waals surface area contributed by atoms with Gasteiger partial charge in [0, 0.05) is 5.56 Å². The van der Waals surface area contributed by atoms with Gasteiger partial charge in [0.25, 0.3) is 0 Å². The van der Waals surface area contributed by atoms with Crippen LogP contribution in [0.1, 0.15) is 5.56 Å². The third-order valence-electron chi connectivity index (χ3n) is 1.94. The van der Waals surface area contributed by atoms with E-state index >= 15 is 0 Å². The zero-order valence-electron chi connectivity index (χ0n) is 7.94. The Hall–Kier alpha value is -1.00. The third kappa shape index (κ3) is 2.73. The molecule has 0 bridgehead atoms. The van der Waals surface area contributed by atoms with E-state index in [9.17, 15) is 0 Å². The van der Waals surface area contributed by atoms with Crippen LogP contribution in [0.2, 0.25) is 0 Å². The summed E-state index contributed by atoms with van der Waals surface area (Å²) >= 11 is 5.06. The number of anilines is 1. The van der Waals surface area contributed by atoms with Crippen molar-refractivity contribution >= 4 is 33.0 Å². The summed E-state index contributed by atoms with van der Waals surface area (Å²) in [5, 5.41) is 2.06.